The van der Waals surface area contributed by atoms with Gasteiger partial charge in [0.2, 0.25) is 10.0 Å². The number of piperidine rings is 1. The molecule has 0 bridgehead atoms. The normalized spacial score (nSPS) is 20.7. The third kappa shape index (κ3) is 5.31. The second-order valence-corrected chi connectivity index (χ2v) is 7.40. The Hall–Kier alpha value is -1.41. The number of sulfonamides is 1. The Morgan fingerprint density at radius 1 is 1.38 bits per heavy atom. The molecule has 1 aromatic carbocycles. The standard InChI is InChI=1S/C16H23N3O3S.ClH/c1-3-10-18-23(21,22)14-8-6-13(7-9-14)16(20)19-15-5-4-11-17-12(15)2;/h3,6-9,12,15,17-18H,1,4-5,10-11H2,2H3,(H,19,20);1H. The van der Waals surface area contributed by atoms with Gasteiger partial charge in [0.05, 0.1) is 4.90 Å². The molecule has 1 heterocycles. The molecule has 134 valence electrons. The van der Waals surface area contributed by atoms with Crippen molar-refractivity contribution in [2.75, 3.05) is 13.1 Å². The quantitative estimate of drug-likeness (QED) is 0.658. The van der Waals surface area contributed by atoms with Gasteiger partial charge < -0.3 is 10.6 Å². The average Bonchev–Trinajstić information content (AvgIpc) is 2.55. The smallest absolute Gasteiger partial charge is 0.251 e. The predicted octanol–water partition coefficient (Wildman–Crippen LogP) is 1.44. The number of nitrogens with one attached hydrogen (secondary N) is 3. The Kier molecular flexibility index (Phi) is 7.89. The van der Waals surface area contributed by atoms with Crippen LogP contribution < -0.4 is 15.4 Å². The molecule has 1 aliphatic heterocycles. The molecule has 0 saturated carbocycles. The van der Waals surface area contributed by atoms with Crippen LogP contribution in [0, 0.1) is 0 Å². The van der Waals surface area contributed by atoms with Gasteiger partial charge in [-0.15, -0.1) is 19.0 Å². The number of carbonyl (C=O) groups is 1. The number of hydrogen-bond donors (Lipinski definition) is 3. The van der Waals surface area contributed by atoms with E-state index in [9.17, 15) is 13.2 Å². The van der Waals surface area contributed by atoms with Crippen molar-refractivity contribution >= 4 is 28.3 Å². The van der Waals surface area contributed by atoms with Crippen molar-refractivity contribution < 1.29 is 13.2 Å². The van der Waals surface area contributed by atoms with E-state index in [0.29, 0.717) is 5.56 Å². The first-order chi connectivity index (χ1) is 10.9. The van der Waals surface area contributed by atoms with Gasteiger partial charge in [-0.1, -0.05) is 6.08 Å². The molecule has 2 unspecified atom stereocenters. The Morgan fingerprint density at radius 3 is 2.62 bits per heavy atom. The van der Waals surface area contributed by atoms with Crippen molar-refractivity contribution in [3.05, 3.63) is 42.5 Å². The fourth-order valence-electron chi connectivity index (χ4n) is 2.53. The lowest BCUT2D eigenvalue weighted by atomic mass is 9.99. The predicted molar refractivity (Wildman–Crippen MR) is 97.0 cm³/mol. The summed E-state index contributed by atoms with van der Waals surface area (Å²) in [6, 6.07) is 6.24. The lowest BCUT2D eigenvalue weighted by Crippen LogP contribution is -2.51. The van der Waals surface area contributed by atoms with Crippen molar-refractivity contribution in [1.82, 2.24) is 15.4 Å². The summed E-state index contributed by atoms with van der Waals surface area (Å²) in [5.74, 6) is -0.187. The fourth-order valence-corrected chi connectivity index (χ4v) is 3.53. The van der Waals surface area contributed by atoms with E-state index in [1.165, 1.54) is 30.3 Å². The van der Waals surface area contributed by atoms with Crippen LogP contribution in [-0.2, 0) is 10.0 Å². The van der Waals surface area contributed by atoms with Crippen molar-refractivity contribution in [2.24, 2.45) is 0 Å². The Labute approximate surface area is 149 Å². The van der Waals surface area contributed by atoms with E-state index in [1.54, 1.807) is 0 Å². The van der Waals surface area contributed by atoms with Crippen molar-refractivity contribution in [3.63, 3.8) is 0 Å². The van der Waals surface area contributed by atoms with Crippen LogP contribution in [0.1, 0.15) is 30.1 Å². The van der Waals surface area contributed by atoms with E-state index in [0.717, 1.165) is 19.4 Å². The molecule has 1 aromatic rings. The maximum Gasteiger partial charge on any atom is 0.251 e. The highest BCUT2D eigenvalue weighted by Gasteiger charge is 2.23. The summed E-state index contributed by atoms with van der Waals surface area (Å²) in [6.07, 6.45) is 3.44. The highest BCUT2D eigenvalue weighted by molar-refractivity contribution is 7.89. The van der Waals surface area contributed by atoms with E-state index in [2.05, 4.69) is 21.9 Å². The number of rotatable bonds is 6. The first kappa shape index (κ1) is 20.6. The zero-order valence-corrected chi connectivity index (χ0v) is 15.3. The van der Waals surface area contributed by atoms with Crippen LogP contribution in [0.5, 0.6) is 0 Å². The second kappa shape index (κ2) is 9.17. The van der Waals surface area contributed by atoms with Gasteiger partial charge in [-0.3, -0.25) is 4.79 Å². The molecule has 0 spiro atoms. The molecule has 1 aliphatic rings. The second-order valence-electron chi connectivity index (χ2n) is 5.63. The van der Waals surface area contributed by atoms with E-state index < -0.39 is 10.0 Å². The van der Waals surface area contributed by atoms with Crippen molar-refractivity contribution in [3.8, 4) is 0 Å². The van der Waals surface area contributed by atoms with Crippen molar-refractivity contribution in [1.29, 1.82) is 0 Å². The number of benzene rings is 1. The highest BCUT2D eigenvalue weighted by atomic mass is 35.5. The summed E-state index contributed by atoms with van der Waals surface area (Å²) in [7, 11) is -3.56. The Morgan fingerprint density at radius 2 is 2.04 bits per heavy atom. The third-order valence-corrected chi connectivity index (χ3v) is 5.36. The molecule has 3 N–H and O–H groups in total. The maximum atomic E-state index is 12.3. The molecule has 1 fully saturated rings. The molecular weight excluding hydrogens is 350 g/mol. The Bertz CT molecular complexity index is 662. The summed E-state index contributed by atoms with van der Waals surface area (Å²) in [5, 5.41) is 6.32. The van der Waals surface area contributed by atoms with E-state index in [-0.39, 0.29) is 41.8 Å². The van der Waals surface area contributed by atoms with Crippen LogP contribution >= 0.6 is 12.4 Å². The van der Waals surface area contributed by atoms with Gasteiger partial charge >= 0.3 is 0 Å². The topological polar surface area (TPSA) is 87.3 Å². The minimum absolute atomic E-state index is 0. The maximum absolute atomic E-state index is 12.3. The van der Waals surface area contributed by atoms with Crippen molar-refractivity contribution in [2.45, 2.75) is 36.7 Å². The summed E-state index contributed by atoms with van der Waals surface area (Å²) >= 11 is 0. The molecule has 0 aromatic heterocycles. The number of hydrogen-bond acceptors (Lipinski definition) is 4. The minimum Gasteiger partial charge on any atom is -0.348 e. The van der Waals surface area contributed by atoms with Gasteiger partial charge in [0.15, 0.2) is 0 Å². The van der Waals surface area contributed by atoms with Crippen LogP contribution in [0.25, 0.3) is 0 Å². The average molecular weight is 374 g/mol. The molecule has 24 heavy (non-hydrogen) atoms. The fraction of sp³-hybridized carbons (Fsp3) is 0.438. The number of amides is 1. The summed E-state index contributed by atoms with van der Waals surface area (Å²) in [6.45, 7) is 6.65. The Balaban J connectivity index is 0.00000288. The number of halogens is 1. The molecule has 1 saturated heterocycles. The van der Waals surface area contributed by atoms with Gasteiger partial charge in [0, 0.05) is 24.2 Å². The molecule has 6 nitrogen and oxygen atoms in total. The van der Waals surface area contributed by atoms with Crippen LogP contribution in [0.3, 0.4) is 0 Å². The van der Waals surface area contributed by atoms with Crippen LogP contribution in [0.15, 0.2) is 41.8 Å². The first-order valence-corrected chi connectivity index (χ1v) is 9.17. The van der Waals surface area contributed by atoms with E-state index >= 15 is 0 Å². The van der Waals surface area contributed by atoms with Gasteiger partial charge in [-0.2, -0.15) is 0 Å². The molecular formula is C16H24ClN3O3S. The molecule has 2 rings (SSSR count). The molecule has 8 heteroatoms. The van der Waals surface area contributed by atoms with Gasteiger partial charge in [-0.05, 0) is 50.6 Å². The molecule has 1 amide bonds. The van der Waals surface area contributed by atoms with Gasteiger partial charge in [-0.25, -0.2) is 13.1 Å². The van der Waals surface area contributed by atoms with E-state index in [4.69, 9.17) is 0 Å². The SMILES string of the molecule is C=CCNS(=O)(=O)c1ccc(C(=O)NC2CCCNC2C)cc1.Cl. The van der Waals surface area contributed by atoms with Crippen LogP contribution in [0.2, 0.25) is 0 Å². The lowest BCUT2D eigenvalue weighted by molar-refractivity contribution is 0.0919. The monoisotopic (exact) mass is 373 g/mol. The third-order valence-electron chi connectivity index (χ3n) is 3.92. The zero-order valence-electron chi connectivity index (χ0n) is 13.6. The summed E-state index contributed by atoms with van der Waals surface area (Å²) < 4.78 is 26.3. The van der Waals surface area contributed by atoms with Gasteiger partial charge in [0.1, 0.15) is 0 Å². The molecule has 2 atom stereocenters. The van der Waals surface area contributed by atoms with Crippen LogP contribution in [0.4, 0.5) is 0 Å². The summed E-state index contributed by atoms with van der Waals surface area (Å²) in [4.78, 5) is 12.4. The first-order valence-electron chi connectivity index (χ1n) is 7.69. The summed E-state index contributed by atoms with van der Waals surface area (Å²) in [5.41, 5.74) is 0.449. The molecule has 0 aliphatic carbocycles. The van der Waals surface area contributed by atoms with E-state index in [1.807, 2.05) is 6.92 Å². The van der Waals surface area contributed by atoms with Crippen LogP contribution in [-0.4, -0.2) is 39.5 Å². The molecule has 0 radical (unpaired) electrons. The zero-order chi connectivity index (χ0) is 16.9. The highest BCUT2D eigenvalue weighted by Crippen LogP contribution is 2.13. The number of carbonyl (C=O) groups excluding carboxylic acids is 1. The lowest BCUT2D eigenvalue weighted by Gasteiger charge is -2.30. The van der Waals surface area contributed by atoms with Gasteiger partial charge in [0.25, 0.3) is 5.91 Å². The largest absolute Gasteiger partial charge is 0.348 e. The minimum atomic E-state index is -3.56.